The number of hydrogen-bond acceptors (Lipinski definition) is 3. The molecule has 0 aliphatic carbocycles. The van der Waals surface area contributed by atoms with E-state index in [4.69, 9.17) is 0 Å². The topological polar surface area (TPSA) is 21.3 Å². The van der Waals surface area contributed by atoms with E-state index in [2.05, 4.69) is 57.8 Å². The Hall–Kier alpha value is -0.250. The van der Waals surface area contributed by atoms with Crippen molar-refractivity contribution < 1.29 is 17.9 Å². The van der Waals surface area contributed by atoms with Crippen LogP contribution in [0.15, 0.2) is 37.0 Å². The Bertz CT molecular complexity index is 626. The second-order valence-electron chi connectivity index (χ2n) is 3.88. The molecule has 2 rings (SSSR count). The van der Waals surface area contributed by atoms with Gasteiger partial charge < -0.3 is 10.1 Å². The number of rotatable bonds is 4. The Kier molecular flexibility index (Phi) is 5.61. The van der Waals surface area contributed by atoms with Crippen molar-refractivity contribution in [1.82, 2.24) is 0 Å². The summed E-state index contributed by atoms with van der Waals surface area (Å²) < 4.78 is 43.6. The minimum absolute atomic E-state index is 0.272. The Morgan fingerprint density at radius 3 is 2.43 bits per heavy atom. The van der Waals surface area contributed by atoms with Crippen LogP contribution < -0.4 is 10.1 Å². The number of alkyl halides is 3. The highest BCUT2D eigenvalue weighted by Gasteiger charge is 2.32. The Balaban J connectivity index is 2.15. The van der Waals surface area contributed by atoms with Crippen molar-refractivity contribution in [1.29, 1.82) is 0 Å². The molecule has 0 aliphatic heterocycles. The zero-order valence-electron chi connectivity index (χ0n) is 10.1. The molecule has 0 atom stereocenters. The van der Waals surface area contributed by atoms with Crippen LogP contribution in [0.1, 0.15) is 4.88 Å². The molecular formula is C12H7Br3F3NOS. The molecule has 0 saturated carbocycles. The lowest BCUT2D eigenvalue weighted by Crippen LogP contribution is -2.18. The summed E-state index contributed by atoms with van der Waals surface area (Å²) in [6, 6.07) is 6.34. The van der Waals surface area contributed by atoms with E-state index in [0.717, 1.165) is 13.1 Å². The molecule has 0 spiro atoms. The van der Waals surface area contributed by atoms with Gasteiger partial charge in [-0.2, -0.15) is 0 Å². The van der Waals surface area contributed by atoms with Crippen molar-refractivity contribution in [3.63, 3.8) is 0 Å². The first-order valence-electron chi connectivity index (χ1n) is 5.47. The van der Waals surface area contributed by atoms with E-state index >= 15 is 0 Å². The number of thiophene rings is 1. The van der Waals surface area contributed by atoms with Gasteiger partial charge in [-0.05, 0) is 56.1 Å². The summed E-state index contributed by atoms with van der Waals surface area (Å²) in [6.07, 6.45) is -4.73. The third-order valence-corrected chi connectivity index (χ3v) is 6.07. The van der Waals surface area contributed by atoms with E-state index in [1.54, 1.807) is 6.07 Å². The molecular weight excluding hydrogens is 503 g/mol. The first-order valence-corrected chi connectivity index (χ1v) is 8.67. The van der Waals surface area contributed by atoms with Gasteiger partial charge in [0.05, 0.1) is 9.47 Å². The van der Waals surface area contributed by atoms with Crippen LogP contribution in [0.4, 0.5) is 18.9 Å². The summed E-state index contributed by atoms with van der Waals surface area (Å²) in [6.45, 7) is 0.394. The van der Waals surface area contributed by atoms with Gasteiger partial charge in [-0.15, -0.1) is 24.5 Å². The quantitative estimate of drug-likeness (QED) is 0.505. The summed E-state index contributed by atoms with van der Waals surface area (Å²) in [5.74, 6) is -0.272. The number of nitrogens with one attached hydrogen (secondary N) is 1. The first kappa shape index (κ1) is 17.1. The van der Waals surface area contributed by atoms with Gasteiger partial charge >= 0.3 is 6.36 Å². The molecule has 0 unspecified atom stereocenters. The number of hydrogen-bond donors (Lipinski definition) is 1. The van der Waals surface area contributed by atoms with Gasteiger partial charge in [0.2, 0.25) is 0 Å². The van der Waals surface area contributed by atoms with Gasteiger partial charge in [0.15, 0.2) is 5.75 Å². The minimum atomic E-state index is -4.73. The van der Waals surface area contributed by atoms with Crippen LogP contribution in [-0.4, -0.2) is 6.36 Å². The predicted octanol–water partition coefficient (Wildman–Crippen LogP) is 6.55. The highest BCUT2D eigenvalue weighted by atomic mass is 79.9. The Labute approximate surface area is 148 Å². The van der Waals surface area contributed by atoms with E-state index in [9.17, 15) is 13.2 Å². The van der Waals surface area contributed by atoms with Crippen LogP contribution in [0, 0.1) is 0 Å². The third-order valence-electron chi connectivity index (χ3n) is 2.32. The second kappa shape index (κ2) is 6.89. The predicted molar refractivity (Wildman–Crippen MR) is 87.9 cm³/mol. The summed E-state index contributed by atoms with van der Waals surface area (Å²) in [7, 11) is 0. The lowest BCUT2D eigenvalue weighted by molar-refractivity contribution is -0.274. The maximum absolute atomic E-state index is 12.4. The van der Waals surface area contributed by atoms with Gasteiger partial charge in [0.25, 0.3) is 0 Å². The normalized spacial score (nSPS) is 11.5. The molecule has 0 saturated heterocycles. The second-order valence-corrected chi connectivity index (χ2v) is 8.10. The number of anilines is 1. The fourth-order valence-electron chi connectivity index (χ4n) is 1.51. The minimum Gasteiger partial charge on any atom is -0.404 e. The molecule has 2 aromatic rings. The van der Waals surface area contributed by atoms with E-state index in [1.165, 1.54) is 23.5 Å². The molecule has 0 bridgehead atoms. The van der Waals surface area contributed by atoms with Crippen LogP contribution in [-0.2, 0) is 6.54 Å². The molecule has 1 aromatic heterocycles. The molecule has 21 heavy (non-hydrogen) atoms. The van der Waals surface area contributed by atoms with Crippen molar-refractivity contribution in [3.8, 4) is 5.75 Å². The molecule has 0 fully saturated rings. The largest absolute Gasteiger partial charge is 0.573 e. The van der Waals surface area contributed by atoms with Gasteiger partial charge in [-0.25, -0.2) is 0 Å². The van der Waals surface area contributed by atoms with Crippen molar-refractivity contribution >= 4 is 64.8 Å². The fourth-order valence-corrected chi connectivity index (χ4v) is 3.97. The molecule has 1 N–H and O–H groups in total. The van der Waals surface area contributed by atoms with Gasteiger partial charge in [-0.1, -0.05) is 15.9 Å². The first-order chi connectivity index (χ1) is 9.74. The Morgan fingerprint density at radius 2 is 1.86 bits per heavy atom. The van der Waals surface area contributed by atoms with Gasteiger partial charge in [0, 0.05) is 20.4 Å². The number of benzene rings is 1. The fraction of sp³-hybridized carbons (Fsp3) is 0.167. The molecule has 1 heterocycles. The van der Waals surface area contributed by atoms with Gasteiger partial charge in [0.1, 0.15) is 0 Å². The Morgan fingerprint density at radius 1 is 1.14 bits per heavy atom. The van der Waals surface area contributed by atoms with Crippen molar-refractivity contribution in [3.05, 3.63) is 41.9 Å². The highest BCUT2D eigenvalue weighted by molar-refractivity contribution is 9.13. The van der Waals surface area contributed by atoms with Crippen molar-refractivity contribution in [2.24, 2.45) is 0 Å². The zero-order valence-corrected chi connectivity index (χ0v) is 15.7. The monoisotopic (exact) mass is 507 g/mol. The van der Waals surface area contributed by atoms with E-state index < -0.39 is 6.36 Å². The molecule has 114 valence electrons. The molecule has 2 nitrogen and oxygen atoms in total. The maximum atomic E-state index is 12.4. The molecule has 0 radical (unpaired) electrons. The summed E-state index contributed by atoms with van der Waals surface area (Å²) in [5.41, 5.74) is 0.274. The van der Waals surface area contributed by atoms with E-state index in [1.807, 2.05) is 6.07 Å². The number of halogens is 6. The van der Waals surface area contributed by atoms with Crippen LogP contribution in [0.3, 0.4) is 0 Å². The molecule has 1 aromatic carbocycles. The smallest absolute Gasteiger partial charge is 0.404 e. The van der Waals surface area contributed by atoms with Crippen LogP contribution in [0.2, 0.25) is 0 Å². The zero-order chi connectivity index (χ0) is 15.6. The third kappa shape index (κ3) is 5.15. The molecule has 0 aliphatic rings. The highest BCUT2D eigenvalue weighted by Crippen LogP contribution is 2.35. The molecule has 9 heteroatoms. The maximum Gasteiger partial charge on any atom is 0.573 e. The lowest BCUT2D eigenvalue weighted by Gasteiger charge is -2.14. The average molecular weight is 510 g/mol. The lowest BCUT2D eigenvalue weighted by atomic mass is 10.3. The van der Waals surface area contributed by atoms with Crippen LogP contribution >= 0.6 is 59.1 Å². The summed E-state index contributed by atoms with van der Waals surface area (Å²) in [5, 5.41) is 2.94. The standard InChI is InChI=1S/C12H7Br3F3NOS/c13-6-1-2-9(10(3-6)20-12(16,17)18)19-5-7-4-8(14)11(15)21-7/h1-4,19H,5H2. The average Bonchev–Trinajstić information content (AvgIpc) is 2.66. The van der Waals surface area contributed by atoms with E-state index in [0.29, 0.717) is 11.0 Å². The summed E-state index contributed by atoms with van der Waals surface area (Å²) >= 11 is 11.4. The van der Waals surface area contributed by atoms with Crippen molar-refractivity contribution in [2.45, 2.75) is 12.9 Å². The SMILES string of the molecule is FC(F)(F)Oc1cc(Br)ccc1NCc1cc(Br)c(Br)s1. The van der Waals surface area contributed by atoms with Crippen LogP contribution in [0.25, 0.3) is 0 Å². The van der Waals surface area contributed by atoms with Gasteiger partial charge in [-0.3, -0.25) is 0 Å². The number of ether oxygens (including phenoxy) is 1. The molecule has 0 amide bonds. The van der Waals surface area contributed by atoms with E-state index in [-0.39, 0.29) is 11.4 Å². The van der Waals surface area contributed by atoms with Crippen LogP contribution in [0.5, 0.6) is 5.75 Å². The van der Waals surface area contributed by atoms with Crippen molar-refractivity contribution in [2.75, 3.05) is 5.32 Å². The summed E-state index contributed by atoms with van der Waals surface area (Å²) in [4.78, 5) is 0.967.